The zero-order valence-corrected chi connectivity index (χ0v) is 13.1. The second kappa shape index (κ2) is 6.48. The predicted octanol–water partition coefficient (Wildman–Crippen LogP) is 2.80. The van der Waals surface area contributed by atoms with Gasteiger partial charge in [-0.15, -0.1) is 0 Å². The van der Waals surface area contributed by atoms with Crippen LogP contribution in [0.5, 0.6) is 0 Å². The molecule has 0 aliphatic heterocycles. The molecule has 3 aromatic rings. The molecule has 6 nitrogen and oxygen atoms in total. The summed E-state index contributed by atoms with van der Waals surface area (Å²) in [6.07, 6.45) is 1.72. The van der Waals surface area contributed by atoms with Crippen LogP contribution in [0.4, 0.5) is 0 Å². The molecule has 1 aromatic carbocycles. The van der Waals surface area contributed by atoms with Crippen molar-refractivity contribution < 1.29 is 9.32 Å². The molecule has 1 N–H and O–H groups in total. The molecule has 0 saturated carbocycles. The molecule has 0 unspecified atom stereocenters. The largest absolute Gasteiger partial charge is 0.355 e. The highest BCUT2D eigenvalue weighted by Gasteiger charge is 2.14. The number of hydrogen-bond donors (Lipinski definition) is 1. The lowest BCUT2D eigenvalue weighted by molar-refractivity contribution is 0.0941. The lowest BCUT2D eigenvalue weighted by atomic mass is 10.1. The van der Waals surface area contributed by atoms with Gasteiger partial charge < -0.3 is 9.84 Å². The Labute approximate surface area is 134 Å². The van der Waals surface area contributed by atoms with Gasteiger partial charge in [0.15, 0.2) is 11.5 Å². The van der Waals surface area contributed by atoms with E-state index in [0.29, 0.717) is 12.3 Å². The molecular formula is C17H18N4O2. The van der Waals surface area contributed by atoms with Gasteiger partial charge >= 0.3 is 0 Å². The van der Waals surface area contributed by atoms with E-state index in [-0.39, 0.29) is 11.6 Å². The molecule has 0 bridgehead atoms. The van der Waals surface area contributed by atoms with Gasteiger partial charge in [0.05, 0.1) is 12.2 Å². The van der Waals surface area contributed by atoms with Crippen molar-refractivity contribution in [2.24, 2.45) is 0 Å². The first-order valence-electron chi connectivity index (χ1n) is 7.50. The Balaban J connectivity index is 1.68. The minimum absolute atomic E-state index is 0.267. The molecule has 0 aliphatic rings. The number of nitrogens with zero attached hydrogens (tertiary/aromatic N) is 3. The average Bonchev–Trinajstić information content (AvgIpc) is 3.22. The van der Waals surface area contributed by atoms with Crippen molar-refractivity contribution in [1.29, 1.82) is 0 Å². The van der Waals surface area contributed by atoms with E-state index in [4.69, 9.17) is 4.52 Å². The molecule has 6 heteroatoms. The van der Waals surface area contributed by atoms with Crippen LogP contribution >= 0.6 is 0 Å². The first kappa shape index (κ1) is 15.0. The molecule has 0 fully saturated rings. The summed E-state index contributed by atoms with van der Waals surface area (Å²) in [5, 5.41) is 10.8. The molecule has 0 spiro atoms. The first-order valence-corrected chi connectivity index (χ1v) is 7.50. The number of amides is 1. The minimum atomic E-state index is -0.268. The Morgan fingerprint density at radius 1 is 1.26 bits per heavy atom. The molecule has 1 amide bonds. The summed E-state index contributed by atoms with van der Waals surface area (Å²) in [6, 6.07) is 11.4. The van der Waals surface area contributed by atoms with Gasteiger partial charge in [-0.3, -0.25) is 9.48 Å². The summed E-state index contributed by atoms with van der Waals surface area (Å²) in [5.41, 5.74) is 3.27. The number of hydrogen-bond acceptors (Lipinski definition) is 4. The third-order valence-corrected chi connectivity index (χ3v) is 3.61. The SMILES string of the molecule is CCn1nccc1CNC(=O)c1cc(-c2ccc(C)cc2)on1. The molecule has 0 radical (unpaired) electrons. The monoisotopic (exact) mass is 310 g/mol. The maximum Gasteiger partial charge on any atom is 0.273 e. The summed E-state index contributed by atoms with van der Waals surface area (Å²) in [7, 11) is 0. The Hall–Kier alpha value is -2.89. The van der Waals surface area contributed by atoms with Crippen LogP contribution in [0.3, 0.4) is 0 Å². The van der Waals surface area contributed by atoms with E-state index in [1.165, 1.54) is 5.56 Å². The van der Waals surface area contributed by atoms with Crippen LogP contribution in [0, 0.1) is 6.92 Å². The molecule has 0 aliphatic carbocycles. The fraction of sp³-hybridized carbons (Fsp3) is 0.235. The van der Waals surface area contributed by atoms with Gasteiger partial charge in [0.2, 0.25) is 0 Å². The van der Waals surface area contributed by atoms with Gasteiger partial charge in [-0.2, -0.15) is 5.10 Å². The molecule has 118 valence electrons. The van der Waals surface area contributed by atoms with Crippen LogP contribution in [-0.4, -0.2) is 20.8 Å². The van der Waals surface area contributed by atoms with E-state index in [0.717, 1.165) is 17.8 Å². The van der Waals surface area contributed by atoms with Crippen LogP contribution in [0.25, 0.3) is 11.3 Å². The first-order chi connectivity index (χ1) is 11.2. The molecule has 2 heterocycles. The van der Waals surface area contributed by atoms with Crippen LogP contribution in [0.15, 0.2) is 47.1 Å². The van der Waals surface area contributed by atoms with Gasteiger partial charge in [-0.05, 0) is 19.9 Å². The molecule has 23 heavy (non-hydrogen) atoms. The number of aromatic nitrogens is 3. The molecule has 3 rings (SSSR count). The summed E-state index contributed by atoms with van der Waals surface area (Å²) >= 11 is 0. The summed E-state index contributed by atoms with van der Waals surface area (Å²) in [4.78, 5) is 12.2. The highest BCUT2D eigenvalue weighted by atomic mass is 16.5. The number of benzene rings is 1. The third-order valence-electron chi connectivity index (χ3n) is 3.61. The van der Waals surface area contributed by atoms with Crippen LogP contribution in [0.2, 0.25) is 0 Å². The van der Waals surface area contributed by atoms with Crippen molar-refractivity contribution in [3.8, 4) is 11.3 Å². The van der Waals surface area contributed by atoms with Crippen molar-refractivity contribution in [3.63, 3.8) is 0 Å². The summed E-state index contributed by atoms with van der Waals surface area (Å²) in [5.74, 6) is 0.310. The van der Waals surface area contributed by atoms with E-state index in [2.05, 4.69) is 15.6 Å². The zero-order valence-electron chi connectivity index (χ0n) is 13.1. The van der Waals surface area contributed by atoms with E-state index >= 15 is 0 Å². The maximum absolute atomic E-state index is 12.2. The van der Waals surface area contributed by atoms with E-state index in [9.17, 15) is 4.79 Å². The number of carbonyl (C=O) groups is 1. The second-order valence-electron chi connectivity index (χ2n) is 5.26. The quantitative estimate of drug-likeness (QED) is 0.786. The normalized spacial score (nSPS) is 10.7. The predicted molar refractivity (Wildman–Crippen MR) is 85.7 cm³/mol. The third kappa shape index (κ3) is 3.31. The standard InChI is InChI=1S/C17H18N4O2/c1-3-21-14(8-9-19-21)11-18-17(22)15-10-16(23-20-15)13-6-4-12(2)5-7-13/h4-10H,3,11H2,1-2H3,(H,18,22). The van der Waals surface area contributed by atoms with Crippen LogP contribution in [0.1, 0.15) is 28.7 Å². The Kier molecular flexibility index (Phi) is 4.23. The van der Waals surface area contributed by atoms with Crippen molar-refractivity contribution in [1.82, 2.24) is 20.3 Å². The molecule has 0 atom stereocenters. The van der Waals surface area contributed by atoms with Crippen molar-refractivity contribution in [3.05, 3.63) is 59.5 Å². The van der Waals surface area contributed by atoms with Gasteiger partial charge in [-0.25, -0.2) is 0 Å². The Bertz CT molecular complexity index is 802. The van der Waals surface area contributed by atoms with Gasteiger partial charge in [0, 0.05) is 24.4 Å². The molecule has 2 aromatic heterocycles. The fourth-order valence-corrected chi connectivity index (χ4v) is 2.29. The topological polar surface area (TPSA) is 73.0 Å². The molecular weight excluding hydrogens is 292 g/mol. The number of nitrogens with one attached hydrogen (secondary N) is 1. The smallest absolute Gasteiger partial charge is 0.273 e. The highest BCUT2D eigenvalue weighted by Crippen LogP contribution is 2.20. The highest BCUT2D eigenvalue weighted by molar-refractivity contribution is 5.93. The van der Waals surface area contributed by atoms with Crippen molar-refractivity contribution in [2.45, 2.75) is 26.9 Å². The number of rotatable bonds is 5. The number of aryl methyl sites for hydroxylation is 2. The van der Waals surface area contributed by atoms with Crippen LogP contribution < -0.4 is 5.32 Å². The Morgan fingerprint density at radius 3 is 2.78 bits per heavy atom. The fourth-order valence-electron chi connectivity index (χ4n) is 2.29. The van der Waals surface area contributed by atoms with Crippen LogP contribution in [-0.2, 0) is 13.1 Å². The lowest BCUT2D eigenvalue weighted by Crippen LogP contribution is -2.24. The Morgan fingerprint density at radius 2 is 2.04 bits per heavy atom. The second-order valence-corrected chi connectivity index (χ2v) is 5.26. The number of carbonyl (C=O) groups excluding carboxylic acids is 1. The summed E-state index contributed by atoms with van der Waals surface area (Å²) in [6.45, 7) is 5.19. The van der Waals surface area contributed by atoms with Gasteiger partial charge in [-0.1, -0.05) is 35.0 Å². The van der Waals surface area contributed by atoms with E-state index in [1.54, 1.807) is 12.3 Å². The van der Waals surface area contributed by atoms with E-state index < -0.39 is 0 Å². The van der Waals surface area contributed by atoms with Crippen molar-refractivity contribution in [2.75, 3.05) is 0 Å². The van der Waals surface area contributed by atoms with Crippen molar-refractivity contribution >= 4 is 5.91 Å². The summed E-state index contributed by atoms with van der Waals surface area (Å²) < 4.78 is 7.10. The maximum atomic E-state index is 12.2. The zero-order chi connectivity index (χ0) is 16.2. The van der Waals surface area contributed by atoms with E-state index in [1.807, 2.05) is 48.9 Å². The lowest BCUT2D eigenvalue weighted by Gasteiger charge is -2.05. The van der Waals surface area contributed by atoms with Gasteiger partial charge in [0.1, 0.15) is 0 Å². The average molecular weight is 310 g/mol. The molecule has 0 saturated heterocycles. The van der Waals surface area contributed by atoms with Gasteiger partial charge in [0.25, 0.3) is 5.91 Å². The minimum Gasteiger partial charge on any atom is -0.355 e.